The van der Waals surface area contributed by atoms with Crippen LogP contribution >= 0.6 is 0 Å². The lowest BCUT2D eigenvalue weighted by Gasteiger charge is -2.14. The topological polar surface area (TPSA) is 54.0 Å². The molecule has 0 spiro atoms. The first-order valence-electron chi connectivity index (χ1n) is 5.33. The van der Waals surface area contributed by atoms with E-state index in [0.717, 1.165) is 24.1 Å². The van der Waals surface area contributed by atoms with Gasteiger partial charge in [0.05, 0.1) is 5.71 Å². The Morgan fingerprint density at radius 3 is 2.25 bits per heavy atom. The van der Waals surface area contributed by atoms with Gasteiger partial charge in [-0.2, -0.15) is 5.10 Å². The number of nitrogens with zero attached hydrogens (tertiary/aromatic N) is 3. The first-order valence-corrected chi connectivity index (χ1v) is 5.33. The van der Waals surface area contributed by atoms with Crippen molar-refractivity contribution in [3.63, 3.8) is 0 Å². The molecule has 84 valence electrons. The Morgan fingerprint density at radius 1 is 1.06 bits per heavy atom. The minimum atomic E-state index is 0.619. The van der Waals surface area contributed by atoms with Crippen molar-refractivity contribution in [1.29, 1.82) is 0 Å². The third kappa shape index (κ3) is 2.21. The van der Waals surface area contributed by atoms with Crippen molar-refractivity contribution in [2.45, 2.75) is 12.8 Å². The maximum Gasteiger partial charge on any atom is 0.122 e. The summed E-state index contributed by atoms with van der Waals surface area (Å²) >= 11 is 0. The van der Waals surface area contributed by atoms with Crippen LogP contribution in [0.5, 0.6) is 0 Å². The molecule has 0 bridgehead atoms. The van der Waals surface area contributed by atoms with Crippen molar-refractivity contribution < 1.29 is 0 Å². The van der Waals surface area contributed by atoms with Crippen LogP contribution in [0.4, 0.5) is 5.69 Å². The lowest BCUT2D eigenvalue weighted by molar-refractivity contribution is 1.02. The summed E-state index contributed by atoms with van der Waals surface area (Å²) in [5.74, 6) is 0.619. The van der Waals surface area contributed by atoms with Gasteiger partial charge in [-0.15, -0.1) is 5.10 Å². The van der Waals surface area contributed by atoms with Crippen LogP contribution in [0.25, 0.3) is 0 Å². The summed E-state index contributed by atoms with van der Waals surface area (Å²) in [6, 6.07) is 8.31. The van der Waals surface area contributed by atoms with Crippen molar-refractivity contribution in [2.24, 2.45) is 15.9 Å². The number of hydrogen-bond donors (Lipinski definition) is 1. The molecule has 0 aliphatic carbocycles. The third-order valence-electron chi connectivity index (χ3n) is 2.63. The van der Waals surface area contributed by atoms with Crippen LogP contribution in [0.2, 0.25) is 0 Å². The van der Waals surface area contributed by atoms with E-state index < -0.39 is 0 Å². The number of rotatable bonds is 2. The normalized spacial score (nSPS) is 15.4. The molecule has 0 saturated carbocycles. The Balaban J connectivity index is 2.22. The molecule has 1 aromatic rings. The van der Waals surface area contributed by atoms with Gasteiger partial charge < -0.3 is 10.6 Å². The fourth-order valence-corrected chi connectivity index (χ4v) is 1.63. The number of anilines is 1. The summed E-state index contributed by atoms with van der Waals surface area (Å²) in [4.78, 5) is 2.07. The molecule has 1 aliphatic rings. The molecule has 0 unspecified atom stereocenters. The first-order chi connectivity index (χ1) is 7.66. The second kappa shape index (κ2) is 4.35. The van der Waals surface area contributed by atoms with Crippen molar-refractivity contribution in [1.82, 2.24) is 0 Å². The molecule has 1 aliphatic heterocycles. The Morgan fingerprint density at radius 2 is 1.75 bits per heavy atom. The van der Waals surface area contributed by atoms with Gasteiger partial charge in [0, 0.05) is 26.2 Å². The van der Waals surface area contributed by atoms with Crippen LogP contribution in [-0.4, -0.2) is 25.6 Å². The molecule has 2 rings (SSSR count). The Kier molecular flexibility index (Phi) is 2.90. The van der Waals surface area contributed by atoms with E-state index in [1.54, 1.807) is 0 Å². The number of amidine groups is 1. The van der Waals surface area contributed by atoms with Crippen LogP contribution in [0, 0.1) is 0 Å². The average molecular weight is 216 g/mol. The lowest BCUT2D eigenvalue weighted by atomic mass is 10.0. The van der Waals surface area contributed by atoms with Gasteiger partial charge in [0.15, 0.2) is 0 Å². The largest absolute Gasteiger partial charge is 0.386 e. The standard InChI is InChI=1S/C12H16N4/c1-16(2)10-5-3-9(4-6-10)11-7-8-12(13)15-14-11/h3-6H,7-8H2,1-2H3,(H2,13,15). The number of hydrogen-bond acceptors (Lipinski definition) is 4. The minimum absolute atomic E-state index is 0.619. The van der Waals surface area contributed by atoms with Gasteiger partial charge in [-0.1, -0.05) is 12.1 Å². The Hall–Kier alpha value is -1.84. The summed E-state index contributed by atoms with van der Waals surface area (Å²) in [6.45, 7) is 0. The second-order valence-electron chi connectivity index (χ2n) is 4.08. The van der Waals surface area contributed by atoms with E-state index in [-0.39, 0.29) is 0 Å². The summed E-state index contributed by atoms with van der Waals surface area (Å²) in [5, 5.41) is 8.04. The number of nitrogens with two attached hydrogens (primary N) is 1. The van der Waals surface area contributed by atoms with Crippen LogP contribution in [0.1, 0.15) is 18.4 Å². The van der Waals surface area contributed by atoms with Crippen molar-refractivity contribution in [2.75, 3.05) is 19.0 Å². The zero-order valence-electron chi connectivity index (χ0n) is 9.64. The quantitative estimate of drug-likeness (QED) is 0.816. The van der Waals surface area contributed by atoms with E-state index in [1.807, 2.05) is 14.1 Å². The average Bonchev–Trinajstić information content (AvgIpc) is 2.30. The Bertz CT molecular complexity index is 429. The summed E-state index contributed by atoms with van der Waals surface area (Å²) in [7, 11) is 4.05. The highest BCUT2D eigenvalue weighted by Gasteiger charge is 2.09. The molecule has 4 heteroatoms. The van der Waals surface area contributed by atoms with Gasteiger partial charge in [-0.25, -0.2) is 0 Å². The molecular weight excluding hydrogens is 200 g/mol. The highest BCUT2D eigenvalue weighted by atomic mass is 15.2. The molecule has 0 amide bonds. The lowest BCUT2D eigenvalue weighted by Crippen LogP contribution is -2.17. The molecule has 16 heavy (non-hydrogen) atoms. The molecule has 0 fully saturated rings. The van der Waals surface area contributed by atoms with E-state index in [4.69, 9.17) is 5.73 Å². The van der Waals surface area contributed by atoms with E-state index in [2.05, 4.69) is 39.4 Å². The fourth-order valence-electron chi connectivity index (χ4n) is 1.63. The smallest absolute Gasteiger partial charge is 0.122 e. The predicted octanol–water partition coefficient (Wildman–Crippen LogP) is 1.61. The SMILES string of the molecule is CN(C)c1ccc(C2=NN=C(N)CC2)cc1. The van der Waals surface area contributed by atoms with E-state index >= 15 is 0 Å². The molecule has 4 nitrogen and oxygen atoms in total. The van der Waals surface area contributed by atoms with Crippen LogP contribution in [0.3, 0.4) is 0 Å². The molecule has 2 N–H and O–H groups in total. The zero-order chi connectivity index (χ0) is 11.5. The highest BCUT2D eigenvalue weighted by Crippen LogP contribution is 2.16. The maximum absolute atomic E-state index is 5.58. The van der Waals surface area contributed by atoms with Gasteiger partial charge in [-0.3, -0.25) is 0 Å². The maximum atomic E-state index is 5.58. The van der Waals surface area contributed by atoms with Crippen molar-refractivity contribution in [3.05, 3.63) is 29.8 Å². The van der Waals surface area contributed by atoms with Crippen molar-refractivity contribution in [3.8, 4) is 0 Å². The van der Waals surface area contributed by atoms with Gasteiger partial charge in [0.1, 0.15) is 5.84 Å². The minimum Gasteiger partial charge on any atom is -0.386 e. The van der Waals surface area contributed by atoms with Gasteiger partial charge in [-0.05, 0) is 24.1 Å². The van der Waals surface area contributed by atoms with E-state index in [1.165, 1.54) is 5.69 Å². The van der Waals surface area contributed by atoms with Gasteiger partial charge >= 0.3 is 0 Å². The molecule has 0 saturated heterocycles. The zero-order valence-corrected chi connectivity index (χ0v) is 9.64. The Labute approximate surface area is 95.5 Å². The van der Waals surface area contributed by atoms with Crippen molar-refractivity contribution >= 4 is 17.2 Å². The highest BCUT2D eigenvalue weighted by molar-refractivity contribution is 6.04. The van der Waals surface area contributed by atoms with Gasteiger partial charge in [0.25, 0.3) is 0 Å². The monoisotopic (exact) mass is 216 g/mol. The molecule has 1 aromatic carbocycles. The van der Waals surface area contributed by atoms with E-state index in [9.17, 15) is 0 Å². The summed E-state index contributed by atoms with van der Waals surface area (Å²) < 4.78 is 0. The molecule has 0 radical (unpaired) electrons. The predicted molar refractivity (Wildman–Crippen MR) is 68.2 cm³/mol. The third-order valence-corrected chi connectivity index (χ3v) is 2.63. The van der Waals surface area contributed by atoms with Crippen LogP contribution in [-0.2, 0) is 0 Å². The fraction of sp³-hybridized carbons (Fsp3) is 0.333. The van der Waals surface area contributed by atoms with Crippen LogP contribution < -0.4 is 10.6 Å². The van der Waals surface area contributed by atoms with E-state index in [0.29, 0.717) is 5.84 Å². The first kappa shape index (κ1) is 10.7. The summed E-state index contributed by atoms with van der Waals surface area (Å²) in [5.41, 5.74) is 8.90. The molecule has 1 heterocycles. The van der Waals surface area contributed by atoms with Gasteiger partial charge in [0.2, 0.25) is 0 Å². The number of benzene rings is 1. The molecule has 0 atom stereocenters. The van der Waals surface area contributed by atoms with Crippen LogP contribution in [0.15, 0.2) is 34.5 Å². The second-order valence-corrected chi connectivity index (χ2v) is 4.08. The summed E-state index contributed by atoms with van der Waals surface area (Å²) in [6.07, 6.45) is 1.67. The molecule has 0 aromatic heterocycles. The molecular formula is C12H16N4.